The van der Waals surface area contributed by atoms with Crippen molar-refractivity contribution in [3.63, 3.8) is 0 Å². The molecule has 0 saturated heterocycles. The van der Waals surface area contributed by atoms with Crippen LogP contribution < -0.4 is 5.32 Å². The summed E-state index contributed by atoms with van der Waals surface area (Å²) in [6.07, 6.45) is 1.27. The Kier molecular flexibility index (Phi) is 4.48. The monoisotopic (exact) mass is 398 g/mol. The Morgan fingerprint density at radius 2 is 1.78 bits per heavy atom. The lowest BCUT2D eigenvalue weighted by atomic mass is 10.1. The number of halogens is 2. The van der Waals surface area contributed by atoms with Gasteiger partial charge < -0.3 is 14.8 Å². The molecule has 0 saturated carbocycles. The average Bonchev–Trinajstić information content (AvgIpc) is 3.15. The number of nitrogens with one attached hydrogen (secondary N) is 1. The maximum absolute atomic E-state index is 12.6. The molecular weight excluding hydrogens is 387 g/mol. The van der Waals surface area contributed by atoms with Crippen LogP contribution >= 0.6 is 23.2 Å². The van der Waals surface area contributed by atoms with Crippen LogP contribution in [0, 0.1) is 0 Å². The van der Waals surface area contributed by atoms with E-state index >= 15 is 0 Å². The van der Waals surface area contributed by atoms with Gasteiger partial charge in [-0.05, 0) is 30.3 Å². The van der Waals surface area contributed by atoms with E-state index in [4.69, 9.17) is 27.6 Å². The molecule has 0 aliphatic heterocycles. The van der Waals surface area contributed by atoms with Crippen molar-refractivity contribution in [2.45, 2.75) is 0 Å². The van der Waals surface area contributed by atoms with Crippen molar-refractivity contribution in [3.8, 4) is 17.2 Å². The van der Waals surface area contributed by atoms with Gasteiger partial charge in [-0.15, -0.1) is 0 Å². The molecule has 2 N–H and O–H groups in total. The molecule has 0 unspecified atom stereocenters. The number of phenolic OH excluding ortho intramolecular Hbond substituents is 1. The fraction of sp³-hybridized carbons (Fsp3) is 0. The first kappa shape index (κ1) is 17.4. The Morgan fingerprint density at radius 1 is 1.00 bits per heavy atom. The highest BCUT2D eigenvalue weighted by molar-refractivity contribution is 6.42. The van der Waals surface area contributed by atoms with Crippen LogP contribution in [-0.2, 0) is 0 Å². The van der Waals surface area contributed by atoms with Crippen LogP contribution in [-0.4, -0.2) is 16.0 Å². The number of phenols is 1. The second-order valence-electron chi connectivity index (χ2n) is 5.80. The first-order valence-corrected chi connectivity index (χ1v) is 8.71. The molecular formula is C20H12Cl2N2O3. The molecule has 0 bridgehead atoms. The van der Waals surface area contributed by atoms with Gasteiger partial charge in [0.2, 0.25) is 5.89 Å². The van der Waals surface area contributed by atoms with Crippen LogP contribution in [0.25, 0.3) is 22.2 Å². The van der Waals surface area contributed by atoms with E-state index in [1.54, 1.807) is 48.5 Å². The summed E-state index contributed by atoms with van der Waals surface area (Å²) < 4.78 is 5.40. The van der Waals surface area contributed by atoms with Gasteiger partial charge in [0.25, 0.3) is 5.91 Å². The van der Waals surface area contributed by atoms with Crippen molar-refractivity contribution >= 4 is 45.6 Å². The van der Waals surface area contributed by atoms with Gasteiger partial charge in [0.05, 0.1) is 10.0 Å². The lowest BCUT2D eigenvalue weighted by Crippen LogP contribution is -2.12. The van der Waals surface area contributed by atoms with E-state index in [2.05, 4.69) is 10.3 Å². The number of aromatic hydroxyl groups is 1. The predicted molar refractivity (Wildman–Crippen MR) is 106 cm³/mol. The molecule has 4 aromatic rings. The molecule has 0 radical (unpaired) electrons. The summed E-state index contributed by atoms with van der Waals surface area (Å²) >= 11 is 11.9. The summed E-state index contributed by atoms with van der Waals surface area (Å²) in [7, 11) is 0. The quantitative estimate of drug-likeness (QED) is 0.459. The number of rotatable bonds is 3. The topological polar surface area (TPSA) is 75.4 Å². The zero-order valence-corrected chi connectivity index (χ0v) is 15.3. The fourth-order valence-electron chi connectivity index (χ4n) is 2.73. The molecule has 1 amide bonds. The van der Waals surface area contributed by atoms with Crippen LogP contribution in [0.1, 0.15) is 10.5 Å². The second kappa shape index (κ2) is 6.95. The van der Waals surface area contributed by atoms with Crippen molar-refractivity contribution in [1.29, 1.82) is 0 Å². The van der Waals surface area contributed by atoms with Gasteiger partial charge in [-0.1, -0.05) is 47.5 Å². The van der Waals surface area contributed by atoms with E-state index in [0.29, 0.717) is 26.7 Å². The predicted octanol–water partition coefficient (Wildman–Crippen LogP) is 5.76. The molecule has 7 heteroatoms. The number of aromatic nitrogens is 1. The van der Waals surface area contributed by atoms with Crippen LogP contribution in [0.3, 0.4) is 0 Å². The highest BCUT2D eigenvalue weighted by atomic mass is 35.5. The Bertz CT molecular complexity index is 1170. The number of hydrogen-bond acceptors (Lipinski definition) is 4. The lowest BCUT2D eigenvalue weighted by molar-refractivity contribution is 0.102. The van der Waals surface area contributed by atoms with E-state index < -0.39 is 5.91 Å². The lowest BCUT2D eigenvalue weighted by Gasteiger charge is -2.08. The number of nitrogens with zero attached hydrogens (tertiary/aromatic N) is 1. The number of amides is 1. The third-order valence-electron chi connectivity index (χ3n) is 4.05. The fourth-order valence-corrected chi connectivity index (χ4v) is 3.03. The molecule has 4 rings (SSSR count). The van der Waals surface area contributed by atoms with Crippen molar-refractivity contribution in [1.82, 2.24) is 4.98 Å². The first-order valence-electron chi connectivity index (χ1n) is 7.96. The Hall–Kier alpha value is -3.02. The number of benzene rings is 3. The number of anilines is 1. The van der Waals surface area contributed by atoms with Crippen molar-refractivity contribution in [2.24, 2.45) is 0 Å². The highest BCUT2D eigenvalue weighted by Crippen LogP contribution is 2.31. The van der Waals surface area contributed by atoms with Gasteiger partial charge in [0, 0.05) is 22.0 Å². The number of fused-ring (bicyclic) bond motifs is 1. The van der Waals surface area contributed by atoms with E-state index in [1.807, 2.05) is 6.07 Å². The van der Waals surface area contributed by atoms with Crippen molar-refractivity contribution in [2.75, 3.05) is 5.32 Å². The number of oxazole rings is 1. The summed E-state index contributed by atoms with van der Waals surface area (Å²) in [6.45, 7) is 0. The standard InChI is InChI=1S/C20H12Cl2N2O3/c21-14-8-7-11(9-15(14)22)20-24-17(10-27-20)19(26)23-16-5-1-4-13-12(16)3-2-6-18(13)25/h1-10,25H,(H,23,26). The Labute approximate surface area is 164 Å². The molecule has 0 fully saturated rings. The number of hydrogen-bond donors (Lipinski definition) is 2. The van der Waals surface area contributed by atoms with E-state index in [-0.39, 0.29) is 17.3 Å². The van der Waals surface area contributed by atoms with Crippen LogP contribution in [0.15, 0.2) is 65.3 Å². The van der Waals surface area contributed by atoms with Gasteiger partial charge in [0.1, 0.15) is 12.0 Å². The van der Waals surface area contributed by atoms with Gasteiger partial charge in [-0.25, -0.2) is 4.98 Å². The average molecular weight is 399 g/mol. The molecule has 27 heavy (non-hydrogen) atoms. The first-order chi connectivity index (χ1) is 13.0. The minimum absolute atomic E-state index is 0.119. The van der Waals surface area contributed by atoms with Crippen LogP contribution in [0.4, 0.5) is 5.69 Å². The summed E-state index contributed by atoms with van der Waals surface area (Å²) in [6, 6.07) is 15.3. The molecule has 1 aromatic heterocycles. The largest absolute Gasteiger partial charge is 0.507 e. The van der Waals surface area contributed by atoms with Gasteiger partial charge in [0.15, 0.2) is 5.69 Å². The molecule has 3 aromatic carbocycles. The Balaban J connectivity index is 1.62. The molecule has 1 heterocycles. The highest BCUT2D eigenvalue weighted by Gasteiger charge is 2.16. The minimum Gasteiger partial charge on any atom is -0.507 e. The Morgan fingerprint density at radius 3 is 2.59 bits per heavy atom. The van der Waals surface area contributed by atoms with Gasteiger partial charge in [-0.3, -0.25) is 4.79 Å². The maximum Gasteiger partial charge on any atom is 0.277 e. The van der Waals surface area contributed by atoms with Gasteiger partial charge in [-0.2, -0.15) is 0 Å². The summed E-state index contributed by atoms with van der Waals surface area (Å²) in [4.78, 5) is 16.8. The molecule has 0 aliphatic rings. The molecule has 5 nitrogen and oxygen atoms in total. The zero-order chi connectivity index (χ0) is 19.0. The smallest absolute Gasteiger partial charge is 0.277 e. The van der Waals surface area contributed by atoms with Crippen molar-refractivity contribution in [3.05, 3.63) is 76.6 Å². The van der Waals surface area contributed by atoms with E-state index in [9.17, 15) is 9.90 Å². The molecule has 0 aliphatic carbocycles. The zero-order valence-electron chi connectivity index (χ0n) is 13.7. The van der Waals surface area contributed by atoms with Crippen molar-refractivity contribution < 1.29 is 14.3 Å². The van der Waals surface area contributed by atoms with Crippen LogP contribution in [0.2, 0.25) is 10.0 Å². The normalized spacial score (nSPS) is 10.9. The third-order valence-corrected chi connectivity index (χ3v) is 4.79. The summed E-state index contributed by atoms with van der Waals surface area (Å²) in [5.41, 5.74) is 1.29. The molecule has 0 spiro atoms. The van der Waals surface area contributed by atoms with Gasteiger partial charge >= 0.3 is 0 Å². The molecule has 0 atom stereocenters. The number of carbonyl (C=O) groups excluding carboxylic acids is 1. The molecule has 134 valence electrons. The van der Waals surface area contributed by atoms with Crippen LogP contribution in [0.5, 0.6) is 5.75 Å². The number of carbonyl (C=O) groups is 1. The van der Waals surface area contributed by atoms with E-state index in [1.165, 1.54) is 6.26 Å². The summed E-state index contributed by atoms with van der Waals surface area (Å²) in [5.74, 6) is -0.0258. The minimum atomic E-state index is -0.430. The van der Waals surface area contributed by atoms with E-state index in [0.717, 1.165) is 5.39 Å². The maximum atomic E-state index is 12.6. The summed E-state index contributed by atoms with van der Waals surface area (Å²) in [5, 5.41) is 14.9. The second-order valence-corrected chi connectivity index (χ2v) is 6.61. The SMILES string of the molecule is O=C(Nc1cccc2c(O)cccc12)c1coc(-c2ccc(Cl)c(Cl)c2)n1. The third kappa shape index (κ3) is 3.35.